The van der Waals surface area contributed by atoms with E-state index in [0.717, 1.165) is 16.7 Å². The van der Waals surface area contributed by atoms with E-state index in [4.69, 9.17) is 10.3 Å². The topological polar surface area (TPSA) is 93.5 Å². The maximum atomic E-state index is 14.8. The van der Waals surface area contributed by atoms with Gasteiger partial charge in [0.1, 0.15) is 12.4 Å². The molecule has 1 amide bonds. The summed E-state index contributed by atoms with van der Waals surface area (Å²) in [6.45, 7) is 3.99. The molecule has 3 N–H and O–H groups in total. The van der Waals surface area contributed by atoms with Gasteiger partial charge in [0.15, 0.2) is 11.7 Å². The summed E-state index contributed by atoms with van der Waals surface area (Å²) < 4.78 is 20.1. The first-order valence-electron chi connectivity index (χ1n) is 10.9. The molecule has 0 aliphatic heterocycles. The summed E-state index contributed by atoms with van der Waals surface area (Å²) in [6.07, 6.45) is 0. The molecular formula is C27H25FN4O2. The Hall–Kier alpha value is -4.26. The number of nitrogens with one attached hydrogen (secondary N) is 1. The van der Waals surface area contributed by atoms with Crippen molar-refractivity contribution in [2.75, 3.05) is 0 Å². The molecule has 0 radical (unpaired) electrons. The van der Waals surface area contributed by atoms with E-state index in [2.05, 4.69) is 15.5 Å². The molecule has 0 spiro atoms. The molecule has 4 aromatic rings. The van der Waals surface area contributed by atoms with Gasteiger partial charge in [-0.1, -0.05) is 72.2 Å². The van der Waals surface area contributed by atoms with E-state index in [0.29, 0.717) is 22.6 Å². The van der Waals surface area contributed by atoms with Crippen molar-refractivity contribution >= 4 is 11.9 Å². The number of halogens is 1. The summed E-state index contributed by atoms with van der Waals surface area (Å²) in [6, 6.07) is 23.5. The smallest absolute Gasteiger partial charge is 0.257 e. The molecule has 0 aliphatic rings. The third-order valence-corrected chi connectivity index (χ3v) is 5.56. The van der Waals surface area contributed by atoms with Gasteiger partial charge in [-0.15, -0.1) is 0 Å². The van der Waals surface area contributed by atoms with E-state index in [9.17, 15) is 9.18 Å². The predicted molar refractivity (Wildman–Crippen MR) is 130 cm³/mol. The average Bonchev–Trinajstić information content (AvgIpc) is 3.32. The van der Waals surface area contributed by atoms with Crippen LogP contribution in [0, 0.1) is 12.7 Å². The normalized spacial score (nSPS) is 12.4. The van der Waals surface area contributed by atoms with E-state index in [1.165, 1.54) is 6.07 Å². The first kappa shape index (κ1) is 22.9. The lowest BCUT2D eigenvalue weighted by atomic mass is 9.94. The van der Waals surface area contributed by atoms with Crippen LogP contribution in [0.4, 0.5) is 4.39 Å². The molecule has 172 valence electrons. The summed E-state index contributed by atoms with van der Waals surface area (Å²) in [5, 5.41) is 6.65. The van der Waals surface area contributed by atoms with Crippen LogP contribution in [0.3, 0.4) is 0 Å². The fourth-order valence-electron chi connectivity index (χ4n) is 3.53. The second kappa shape index (κ2) is 10.1. The molecule has 4 rings (SSSR count). The molecule has 1 unspecified atom stereocenters. The van der Waals surface area contributed by atoms with Gasteiger partial charge < -0.3 is 10.3 Å². The van der Waals surface area contributed by atoms with Gasteiger partial charge in [0, 0.05) is 23.1 Å². The second-order valence-corrected chi connectivity index (χ2v) is 8.07. The SMILES string of the molecule is Cc1ccc(C(=O)NC(N)=NCc2cc(C(C)c3ccc(-c4ccccc4)c(F)c3)no2)cc1. The van der Waals surface area contributed by atoms with Crippen molar-refractivity contribution in [1.29, 1.82) is 0 Å². The minimum Gasteiger partial charge on any atom is -0.370 e. The predicted octanol–water partition coefficient (Wildman–Crippen LogP) is 5.19. The minimum atomic E-state index is -0.339. The molecule has 3 aromatic carbocycles. The third-order valence-electron chi connectivity index (χ3n) is 5.56. The van der Waals surface area contributed by atoms with Crippen molar-refractivity contribution in [3.8, 4) is 11.1 Å². The van der Waals surface area contributed by atoms with Crippen molar-refractivity contribution in [1.82, 2.24) is 10.5 Å². The van der Waals surface area contributed by atoms with E-state index in [1.807, 2.05) is 62.4 Å². The average molecular weight is 457 g/mol. The molecule has 1 atom stereocenters. The van der Waals surface area contributed by atoms with E-state index in [-0.39, 0.29) is 30.1 Å². The number of hydrogen-bond acceptors (Lipinski definition) is 4. The first-order chi connectivity index (χ1) is 16.4. The standard InChI is InChI=1S/C27H25FN4O2/c1-17-8-10-20(11-9-17)26(33)31-27(29)30-16-22-15-25(32-34-22)18(2)21-12-13-23(24(28)14-21)19-6-4-3-5-7-19/h3-15,18H,16H2,1-2H3,(H3,29,30,31,33). The van der Waals surface area contributed by atoms with E-state index < -0.39 is 0 Å². The minimum absolute atomic E-state index is 0.0184. The maximum Gasteiger partial charge on any atom is 0.257 e. The zero-order chi connectivity index (χ0) is 24.1. The number of rotatable bonds is 6. The van der Waals surface area contributed by atoms with Crippen LogP contribution in [0.5, 0.6) is 0 Å². The van der Waals surface area contributed by atoms with Gasteiger partial charge in [0.05, 0.1) is 5.69 Å². The molecule has 7 heteroatoms. The number of nitrogens with two attached hydrogens (primary N) is 1. The van der Waals surface area contributed by atoms with Crippen LogP contribution in [0.15, 0.2) is 88.4 Å². The Morgan fingerprint density at radius 2 is 1.82 bits per heavy atom. The van der Waals surface area contributed by atoms with E-state index in [1.54, 1.807) is 24.3 Å². The quantitative estimate of drug-likeness (QED) is 0.309. The number of carbonyl (C=O) groups excluding carboxylic acids is 1. The van der Waals surface area contributed by atoms with Crippen molar-refractivity contribution < 1.29 is 13.7 Å². The van der Waals surface area contributed by atoms with Crippen LogP contribution in [0.1, 0.15) is 45.8 Å². The number of guanidine groups is 1. The van der Waals surface area contributed by atoms with E-state index >= 15 is 0 Å². The van der Waals surface area contributed by atoms with Crippen LogP contribution in [0.2, 0.25) is 0 Å². The summed E-state index contributed by atoms with van der Waals surface area (Å²) in [5.74, 6) is -0.347. The number of nitrogens with zero attached hydrogens (tertiary/aromatic N) is 2. The fourth-order valence-corrected chi connectivity index (χ4v) is 3.53. The van der Waals surface area contributed by atoms with Gasteiger partial charge >= 0.3 is 0 Å². The van der Waals surface area contributed by atoms with Gasteiger partial charge in [0.2, 0.25) is 0 Å². The molecule has 1 heterocycles. The molecular weight excluding hydrogens is 431 g/mol. The molecule has 0 aliphatic carbocycles. The number of aromatic nitrogens is 1. The number of hydrogen-bond donors (Lipinski definition) is 2. The number of aliphatic imine (C=N–C) groups is 1. The van der Waals surface area contributed by atoms with Crippen molar-refractivity contribution in [2.24, 2.45) is 10.7 Å². The molecule has 34 heavy (non-hydrogen) atoms. The van der Waals surface area contributed by atoms with Crippen LogP contribution in [-0.4, -0.2) is 17.0 Å². The highest BCUT2D eigenvalue weighted by molar-refractivity contribution is 6.05. The Bertz CT molecular complexity index is 1310. The van der Waals surface area contributed by atoms with Crippen LogP contribution >= 0.6 is 0 Å². The summed E-state index contributed by atoms with van der Waals surface area (Å²) in [5.41, 5.74) is 10.2. The third kappa shape index (κ3) is 5.38. The Kier molecular flexibility index (Phi) is 6.82. The highest BCUT2D eigenvalue weighted by Gasteiger charge is 2.16. The summed E-state index contributed by atoms with van der Waals surface area (Å²) >= 11 is 0. The summed E-state index contributed by atoms with van der Waals surface area (Å²) in [4.78, 5) is 16.4. The Morgan fingerprint density at radius 1 is 1.09 bits per heavy atom. The van der Waals surface area contributed by atoms with Crippen molar-refractivity contribution in [3.63, 3.8) is 0 Å². The first-order valence-corrected chi connectivity index (χ1v) is 10.9. The van der Waals surface area contributed by atoms with Gasteiger partial charge in [0.25, 0.3) is 5.91 Å². The maximum absolute atomic E-state index is 14.8. The Balaban J connectivity index is 1.40. The fraction of sp³-hybridized carbons (Fsp3) is 0.148. The van der Waals surface area contributed by atoms with Crippen LogP contribution in [0.25, 0.3) is 11.1 Å². The number of benzene rings is 3. The molecule has 0 saturated heterocycles. The number of aryl methyl sites for hydroxylation is 1. The van der Waals surface area contributed by atoms with Gasteiger partial charge in [-0.05, 0) is 36.2 Å². The zero-order valence-electron chi connectivity index (χ0n) is 19.0. The van der Waals surface area contributed by atoms with Crippen molar-refractivity contribution in [3.05, 3.63) is 113 Å². The molecule has 0 fully saturated rings. The Morgan fingerprint density at radius 3 is 2.53 bits per heavy atom. The molecule has 6 nitrogen and oxygen atoms in total. The van der Waals surface area contributed by atoms with Crippen molar-refractivity contribution in [2.45, 2.75) is 26.3 Å². The van der Waals surface area contributed by atoms with Crippen LogP contribution in [-0.2, 0) is 6.54 Å². The zero-order valence-corrected chi connectivity index (χ0v) is 19.0. The Labute approximate surface area is 197 Å². The second-order valence-electron chi connectivity index (χ2n) is 8.07. The molecule has 0 saturated carbocycles. The largest absolute Gasteiger partial charge is 0.370 e. The van der Waals surface area contributed by atoms with Gasteiger partial charge in [-0.25, -0.2) is 9.38 Å². The number of amides is 1. The van der Waals surface area contributed by atoms with Gasteiger partial charge in [-0.2, -0.15) is 0 Å². The monoisotopic (exact) mass is 456 g/mol. The summed E-state index contributed by atoms with van der Waals surface area (Å²) in [7, 11) is 0. The lowest BCUT2D eigenvalue weighted by Gasteiger charge is -2.11. The lowest BCUT2D eigenvalue weighted by molar-refractivity contribution is 0.0976. The highest BCUT2D eigenvalue weighted by Crippen LogP contribution is 2.29. The number of carbonyl (C=O) groups is 1. The van der Waals surface area contributed by atoms with Crippen LogP contribution < -0.4 is 11.1 Å². The van der Waals surface area contributed by atoms with Gasteiger partial charge in [-0.3, -0.25) is 10.1 Å². The molecule has 1 aromatic heterocycles. The highest BCUT2D eigenvalue weighted by atomic mass is 19.1. The lowest BCUT2D eigenvalue weighted by Crippen LogP contribution is -2.36. The molecule has 0 bridgehead atoms.